The Kier molecular flexibility index (Phi) is 5.53. The molecule has 0 unspecified atom stereocenters. The molecule has 0 amide bonds. The van der Waals surface area contributed by atoms with E-state index in [4.69, 9.17) is 4.74 Å². The summed E-state index contributed by atoms with van der Waals surface area (Å²) in [5.74, 6) is -3.04. The van der Waals surface area contributed by atoms with Gasteiger partial charge in [-0.1, -0.05) is 6.07 Å². The molecule has 4 nitrogen and oxygen atoms in total. The highest BCUT2D eigenvalue weighted by Crippen LogP contribution is 2.30. The van der Waals surface area contributed by atoms with Gasteiger partial charge < -0.3 is 4.74 Å². The van der Waals surface area contributed by atoms with Gasteiger partial charge in [0.2, 0.25) is 0 Å². The van der Waals surface area contributed by atoms with Gasteiger partial charge in [0.15, 0.2) is 11.7 Å². The van der Waals surface area contributed by atoms with Crippen molar-refractivity contribution in [3.05, 3.63) is 40.2 Å². The first-order valence-corrected chi connectivity index (χ1v) is 7.82. The van der Waals surface area contributed by atoms with Gasteiger partial charge in [0.1, 0.15) is 22.7 Å². The Morgan fingerprint density at radius 1 is 1.43 bits per heavy atom. The van der Waals surface area contributed by atoms with Gasteiger partial charge in [0, 0.05) is 12.0 Å². The third kappa shape index (κ3) is 3.60. The Labute approximate surface area is 136 Å². The Bertz CT molecular complexity index is 735. The minimum absolute atomic E-state index is 0.0673. The largest absolute Gasteiger partial charge is 0.371 e. The molecule has 0 radical (unpaired) electrons. The van der Waals surface area contributed by atoms with Crippen LogP contribution in [0.2, 0.25) is 0 Å². The second-order valence-corrected chi connectivity index (χ2v) is 5.62. The van der Waals surface area contributed by atoms with Crippen LogP contribution in [-0.2, 0) is 9.53 Å². The summed E-state index contributed by atoms with van der Waals surface area (Å²) in [4.78, 5) is 16.3. The van der Waals surface area contributed by atoms with E-state index in [1.54, 1.807) is 13.8 Å². The number of carbonyl (C=O) groups excluding carboxylic acids is 1. The summed E-state index contributed by atoms with van der Waals surface area (Å²) >= 11 is 1.01. The number of nitriles is 1. The smallest absolute Gasteiger partial charge is 0.185 e. The second kappa shape index (κ2) is 7.40. The lowest BCUT2D eigenvalue weighted by Gasteiger charge is -2.12. The van der Waals surface area contributed by atoms with Crippen molar-refractivity contribution >= 4 is 17.1 Å². The minimum atomic E-state index is -1.12. The van der Waals surface area contributed by atoms with Crippen molar-refractivity contribution in [3.63, 3.8) is 0 Å². The van der Waals surface area contributed by atoms with Crippen molar-refractivity contribution in [2.75, 3.05) is 6.61 Å². The number of carbonyl (C=O) groups is 1. The molecule has 0 aliphatic rings. The van der Waals surface area contributed by atoms with E-state index >= 15 is 0 Å². The Morgan fingerprint density at radius 2 is 2.09 bits per heavy atom. The van der Waals surface area contributed by atoms with Crippen molar-refractivity contribution in [1.29, 1.82) is 5.26 Å². The van der Waals surface area contributed by atoms with Crippen molar-refractivity contribution in [2.24, 2.45) is 0 Å². The maximum absolute atomic E-state index is 13.8. The van der Waals surface area contributed by atoms with E-state index in [0.29, 0.717) is 6.61 Å². The Balaban J connectivity index is 2.34. The van der Waals surface area contributed by atoms with Gasteiger partial charge in [-0.05, 0) is 26.0 Å². The number of rotatable bonds is 6. The number of aromatic nitrogens is 1. The van der Waals surface area contributed by atoms with Gasteiger partial charge in [-0.3, -0.25) is 4.79 Å². The second-order valence-electron chi connectivity index (χ2n) is 4.73. The molecule has 2 aromatic rings. The minimum Gasteiger partial charge on any atom is -0.371 e. The molecule has 0 saturated heterocycles. The molecule has 0 spiro atoms. The van der Waals surface area contributed by atoms with Crippen molar-refractivity contribution < 1.29 is 18.3 Å². The molecule has 7 heteroatoms. The van der Waals surface area contributed by atoms with Crippen LogP contribution in [0, 0.1) is 23.0 Å². The highest BCUT2D eigenvalue weighted by atomic mass is 32.1. The van der Waals surface area contributed by atoms with Crippen LogP contribution >= 0.6 is 11.3 Å². The molecule has 2 rings (SSSR count). The fourth-order valence-corrected chi connectivity index (χ4v) is 2.94. The third-order valence-corrected chi connectivity index (χ3v) is 4.13. The molecule has 0 aliphatic carbocycles. The van der Waals surface area contributed by atoms with Crippen molar-refractivity contribution in [3.8, 4) is 17.3 Å². The monoisotopic (exact) mass is 336 g/mol. The summed E-state index contributed by atoms with van der Waals surface area (Å²) < 4.78 is 32.8. The van der Waals surface area contributed by atoms with Crippen molar-refractivity contribution in [1.82, 2.24) is 4.98 Å². The fourth-order valence-electron chi connectivity index (χ4n) is 2.08. The van der Waals surface area contributed by atoms with Crippen LogP contribution in [-0.4, -0.2) is 23.5 Å². The van der Waals surface area contributed by atoms with E-state index in [0.717, 1.165) is 23.5 Å². The summed E-state index contributed by atoms with van der Waals surface area (Å²) in [7, 11) is 0. The number of benzene rings is 1. The first-order valence-electron chi connectivity index (χ1n) is 6.94. The van der Waals surface area contributed by atoms with Gasteiger partial charge in [0.05, 0.1) is 17.3 Å². The molecule has 0 N–H and O–H groups in total. The first-order chi connectivity index (χ1) is 11.0. The van der Waals surface area contributed by atoms with Gasteiger partial charge >= 0.3 is 0 Å². The molecule has 1 aromatic carbocycles. The number of thiazole rings is 1. The van der Waals surface area contributed by atoms with Crippen LogP contribution in [0.25, 0.3) is 11.3 Å². The number of hydrogen-bond acceptors (Lipinski definition) is 5. The number of ketones is 1. The van der Waals surface area contributed by atoms with Crippen LogP contribution in [0.3, 0.4) is 0 Å². The molecule has 23 heavy (non-hydrogen) atoms. The molecule has 0 bridgehead atoms. The molecular formula is C16H14F2N2O2S. The average Bonchev–Trinajstić information content (AvgIpc) is 2.97. The Hall–Kier alpha value is -2.17. The van der Waals surface area contributed by atoms with E-state index in [1.165, 1.54) is 11.4 Å². The average molecular weight is 336 g/mol. The quantitative estimate of drug-likeness (QED) is 0.807. The molecule has 2 atom stereocenters. The summed E-state index contributed by atoms with van der Waals surface area (Å²) in [6, 6.07) is 5.39. The number of nitrogens with zero attached hydrogens (tertiary/aromatic N) is 2. The maximum atomic E-state index is 13.8. The molecule has 1 aromatic heterocycles. The number of hydrogen-bond donors (Lipinski definition) is 0. The SMILES string of the molecule is CCO[C@H](C)C(=O)[C@@H](C#N)c1nc(-c2c(F)cccc2F)cs1. The van der Waals surface area contributed by atoms with Crippen LogP contribution in [0.15, 0.2) is 23.6 Å². The lowest BCUT2D eigenvalue weighted by atomic mass is 10.0. The van der Waals surface area contributed by atoms with Gasteiger partial charge in [-0.2, -0.15) is 5.26 Å². The van der Waals surface area contributed by atoms with Gasteiger partial charge in [-0.25, -0.2) is 13.8 Å². The lowest BCUT2D eigenvalue weighted by molar-refractivity contribution is -0.129. The zero-order valence-electron chi connectivity index (χ0n) is 12.5. The summed E-state index contributed by atoms with van der Waals surface area (Å²) in [5, 5.41) is 10.9. The summed E-state index contributed by atoms with van der Waals surface area (Å²) in [5.41, 5.74) is -0.199. The molecule has 0 aliphatic heterocycles. The van der Waals surface area contributed by atoms with Crippen molar-refractivity contribution in [2.45, 2.75) is 25.9 Å². The highest BCUT2D eigenvalue weighted by Gasteiger charge is 2.29. The zero-order valence-corrected chi connectivity index (χ0v) is 13.4. The van der Waals surface area contributed by atoms with E-state index in [1.807, 2.05) is 6.07 Å². The van der Waals surface area contributed by atoms with Gasteiger partial charge in [-0.15, -0.1) is 11.3 Å². The summed E-state index contributed by atoms with van der Waals surface area (Å²) in [6.45, 7) is 3.64. The van der Waals surface area contributed by atoms with Crippen LogP contribution < -0.4 is 0 Å². The zero-order chi connectivity index (χ0) is 17.0. The van der Waals surface area contributed by atoms with Crippen LogP contribution in [0.1, 0.15) is 24.8 Å². The highest BCUT2D eigenvalue weighted by molar-refractivity contribution is 7.10. The molecular weight excluding hydrogens is 322 g/mol. The molecule has 1 heterocycles. The van der Waals surface area contributed by atoms with Gasteiger partial charge in [0.25, 0.3) is 0 Å². The van der Waals surface area contributed by atoms with E-state index < -0.39 is 29.4 Å². The maximum Gasteiger partial charge on any atom is 0.185 e. The number of halogens is 2. The van der Waals surface area contributed by atoms with E-state index in [2.05, 4.69) is 4.98 Å². The third-order valence-electron chi connectivity index (χ3n) is 3.22. The van der Waals surface area contributed by atoms with E-state index in [-0.39, 0.29) is 16.3 Å². The standard InChI is InChI=1S/C16H14F2N2O2S/c1-3-22-9(2)15(21)10(7-19)16-20-13(8-23-16)14-11(17)5-4-6-12(14)18/h4-6,8-10H,3H2,1-2H3/t9-,10-/m1/s1. The lowest BCUT2D eigenvalue weighted by Crippen LogP contribution is -2.26. The topological polar surface area (TPSA) is 63.0 Å². The summed E-state index contributed by atoms with van der Waals surface area (Å²) in [6.07, 6.45) is -0.748. The number of ether oxygens (including phenoxy) is 1. The molecule has 0 fully saturated rings. The van der Waals surface area contributed by atoms with E-state index in [9.17, 15) is 18.8 Å². The number of Topliss-reactive ketones (excluding diaryl/α,β-unsaturated/α-hetero) is 1. The van der Waals surface area contributed by atoms with Crippen LogP contribution in [0.4, 0.5) is 8.78 Å². The normalized spacial score (nSPS) is 13.3. The first kappa shape index (κ1) is 17.2. The predicted octanol–water partition coefficient (Wildman–Crippen LogP) is 3.69. The predicted molar refractivity (Wildman–Crippen MR) is 81.9 cm³/mol. The Morgan fingerprint density at radius 3 is 2.65 bits per heavy atom. The fraction of sp³-hybridized carbons (Fsp3) is 0.312. The molecule has 0 saturated carbocycles. The van der Waals surface area contributed by atoms with Crippen LogP contribution in [0.5, 0.6) is 0 Å². The molecule has 120 valence electrons.